The SMILES string of the molecule is O=C(NCCC#Cc1cn[nH]c1C(F)(F)F)OCC1c2ccccc2-c2ccccc21. The number of ether oxygens (including phenoxy) is 1. The summed E-state index contributed by atoms with van der Waals surface area (Å²) in [4.78, 5) is 12.1. The molecule has 5 nitrogen and oxygen atoms in total. The van der Waals surface area contributed by atoms with Crippen LogP contribution in [0.3, 0.4) is 0 Å². The molecule has 31 heavy (non-hydrogen) atoms. The molecule has 1 amide bonds. The molecule has 0 spiro atoms. The molecule has 0 unspecified atom stereocenters. The van der Waals surface area contributed by atoms with Gasteiger partial charge in [0.25, 0.3) is 0 Å². The maximum atomic E-state index is 12.7. The number of nitrogens with one attached hydrogen (secondary N) is 2. The smallest absolute Gasteiger partial charge is 0.434 e. The van der Waals surface area contributed by atoms with Gasteiger partial charge in [-0.25, -0.2) is 4.79 Å². The third-order valence-electron chi connectivity index (χ3n) is 5.01. The summed E-state index contributed by atoms with van der Waals surface area (Å²) < 4.78 is 43.6. The number of H-pyrrole nitrogens is 1. The van der Waals surface area contributed by atoms with Crippen molar-refractivity contribution in [1.29, 1.82) is 0 Å². The van der Waals surface area contributed by atoms with Gasteiger partial charge in [-0.15, -0.1) is 0 Å². The molecule has 1 aromatic heterocycles. The molecule has 2 aromatic carbocycles. The molecule has 0 bridgehead atoms. The van der Waals surface area contributed by atoms with Crippen LogP contribution in [0.1, 0.15) is 34.7 Å². The lowest BCUT2D eigenvalue weighted by Gasteiger charge is -2.14. The van der Waals surface area contributed by atoms with Crippen molar-refractivity contribution in [3.63, 3.8) is 0 Å². The van der Waals surface area contributed by atoms with E-state index < -0.39 is 18.0 Å². The van der Waals surface area contributed by atoms with Crippen molar-refractivity contribution in [1.82, 2.24) is 15.5 Å². The summed E-state index contributed by atoms with van der Waals surface area (Å²) in [7, 11) is 0. The van der Waals surface area contributed by atoms with Crippen molar-refractivity contribution in [2.24, 2.45) is 0 Å². The summed E-state index contributed by atoms with van der Waals surface area (Å²) in [5.41, 5.74) is 3.30. The molecule has 8 heteroatoms. The Labute approximate surface area is 176 Å². The second kappa shape index (κ2) is 8.56. The average Bonchev–Trinajstić information content (AvgIpc) is 3.35. The molecule has 0 saturated heterocycles. The topological polar surface area (TPSA) is 67.0 Å². The minimum absolute atomic E-state index is 0.0418. The fourth-order valence-electron chi connectivity index (χ4n) is 3.63. The van der Waals surface area contributed by atoms with Crippen LogP contribution < -0.4 is 5.32 Å². The van der Waals surface area contributed by atoms with Gasteiger partial charge in [-0.1, -0.05) is 60.4 Å². The zero-order valence-corrected chi connectivity index (χ0v) is 16.3. The first-order chi connectivity index (χ1) is 14.9. The number of alkyl halides is 3. The van der Waals surface area contributed by atoms with Crippen LogP contribution >= 0.6 is 0 Å². The van der Waals surface area contributed by atoms with E-state index in [0.29, 0.717) is 0 Å². The quantitative estimate of drug-likeness (QED) is 0.470. The van der Waals surface area contributed by atoms with Gasteiger partial charge in [0.1, 0.15) is 6.61 Å². The number of halogens is 3. The number of aromatic nitrogens is 2. The molecule has 1 aliphatic carbocycles. The van der Waals surface area contributed by atoms with Gasteiger partial charge < -0.3 is 10.1 Å². The fraction of sp³-hybridized carbons (Fsp3) is 0.217. The number of fused-ring (bicyclic) bond motifs is 3. The standard InChI is InChI=1S/C23H18F3N3O2/c24-23(25,26)21-15(13-28-29-21)7-5-6-12-27-22(30)31-14-20-18-10-3-1-8-16(18)17-9-2-4-11-19(17)20/h1-4,8-11,13,20H,6,12,14H2,(H,27,30)(H,28,29). The van der Waals surface area contributed by atoms with Crippen molar-refractivity contribution in [3.8, 4) is 23.0 Å². The molecule has 0 aliphatic heterocycles. The van der Waals surface area contributed by atoms with Crippen molar-refractivity contribution < 1.29 is 22.7 Å². The molecule has 3 aromatic rings. The average molecular weight is 425 g/mol. The number of alkyl carbamates (subject to hydrolysis) is 1. The van der Waals surface area contributed by atoms with Crippen LogP contribution in [0.25, 0.3) is 11.1 Å². The van der Waals surface area contributed by atoms with Crippen LogP contribution in [0.5, 0.6) is 0 Å². The highest BCUT2D eigenvalue weighted by Crippen LogP contribution is 2.44. The number of nitrogens with zero attached hydrogens (tertiary/aromatic N) is 1. The van der Waals surface area contributed by atoms with Gasteiger partial charge in [0.2, 0.25) is 0 Å². The molecule has 1 aliphatic rings. The molecule has 2 N–H and O–H groups in total. The molecule has 0 atom stereocenters. The Bertz CT molecular complexity index is 1110. The number of carbonyl (C=O) groups is 1. The lowest BCUT2D eigenvalue weighted by atomic mass is 9.98. The van der Waals surface area contributed by atoms with Crippen LogP contribution in [0, 0.1) is 11.8 Å². The summed E-state index contributed by atoms with van der Waals surface area (Å²) >= 11 is 0. The number of aromatic amines is 1. The third-order valence-corrected chi connectivity index (χ3v) is 5.01. The Morgan fingerprint density at radius 3 is 2.39 bits per heavy atom. The molecule has 0 saturated carbocycles. The van der Waals surface area contributed by atoms with Gasteiger partial charge in [0, 0.05) is 18.9 Å². The summed E-state index contributed by atoms with van der Waals surface area (Å²) in [6, 6.07) is 16.0. The van der Waals surface area contributed by atoms with E-state index in [1.807, 2.05) is 41.5 Å². The molecule has 1 heterocycles. The Hall–Kier alpha value is -3.73. The minimum Gasteiger partial charge on any atom is -0.449 e. The summed E-state index contributed by atoms with van der Waals surface area (Å²) in [6.45, 7) is 0.346. The van der Waals surface area contributed by atoms with Crippen LogP contribution in [-0.4, -0.2) is 29.4 Å². The van der Waals surface area contributed by atoms with Crippen LogP contribution in [0.2, 0.25) is 0 Å². The van der Waals surface area contributed by atoms with E-state index in [1.54, 1.807) is 0 Å². The zero-order chi connectivity index (χ0) is 21.8. The second-order valence-electron chi connectivity index (χ2n) is 6.96. The highest BCUT2D eigenvalue weighted by molar-refractivity contribution is 5.79. The molecule has 4 rings (SSSR count). The minimum atomic E-state index is -4.54. The lowest BCUT2D eigenvalue weighted by molar-refractivity contribution is -0.141. The predicted molar refractivity (Wildman–Crippen MR) is 108 cm³/mol. The Morgan fingerprint density at radius 2 is 1.74 bits per heavy atom. The number of amides is 1. The number of benzene rings is 2. The zero-order valence-electron chi connectivity index (χ0n) is 16.3. The van der Waals surface area contributed by atoms with E-state index in [1.165, 1.54) is 0 Å². The predicted octanol–water partition coefficient (Wildman–Crippen LogP) is 4.71. The fourth-order valence-corrected chi connectivity index (χ4v) is 3.63. The van der Waals surface area contributed by atoms with Gasteiger partial charge in [-0.3, -0.25) is 5.10 Å². The van der Waals surface area contributed by atoms with E-state index in [2.05, 4.69) is 34.4 Å². The first-order valence-corrected chi connectivity index (χ1v) is 9.63. The van der Waals surface area contributed by atoms with E-state index in [9.17, 15) is 18.0 Å². The van der Waals surface area contributed by atoms with Gasteiger partial charge in [-0.2, -0.15) is 18.3 Å². The Kier molecular flexibility index (Phi) is 5.67. The van der Waals surface area contributed by atoms with Gasteiger partial charge >= 0.3 is 12.3 Å². The van der Waals surface area contributed by atoms with E-state index in [-0.39, 0.29) is 31.1 Å². The van der Waals surface area contributed by atoms with Gasteiger partial charge in [0.05, 0.1) is 11.8 Å². The van der Waals surface area contributed by atoms with E-state index in [0.717, 1.165) is 28.5 Å². The monoisotopic (exact) mass is 425 g/mol. The largest absolute Gasteiger partial charge is 0.449 e. The molecular formula is C23H18F3N3O2. The number of rotatable bonds is 4. The van der Waals surface area contributed by atoms with Gasteiger partial charge in [-0.05, 0) is 22.3 Å². The van der Waals surface area contributed by atoms with Crippen LogP contribution in [0.4, 0.5) is 18.0 Å². The van der Waals surface area contributed by atoms with Crippen LogP contribution in [0.15, 0.2) is 54.7 Å². The van der Waals surface area contributed by atoms with Crippen molar-refractivity contribution >= 4 is 6.09 Å². The molecular weight excluding hydrogens is 407 g/mol. The molecule has 0 fully saturated rings. The van der Waals surface area contributed by atoms with Crippen molar-refractivity contribution in [3.05, 3.63) is 77.1 Å². The number of carbonyl (C=O) groups excluding carboxylic acids is 1. The third kappa shape index (κ3) is 4.40. The maximum absolute atomic E-state index is 12.7. The van der Waals surface area contributed by atoms with Crippen molar-refractivity contribution in [2.45, 2.75) is 18.5 Å². The second-order valence-corrected chi connectivity index (χ2v) is 6.96. The van der Waals surface area contributed by atoms with Crippen molar-refractivity contribution in [2.75, 3.05) is 13.2 Å². The van der Waals surface area contributed by atoms with Gasteiger partial charge in [0.15, 0.2) is 5.69 Å². The van der Waals surface area contributed by atoms with E-state index in [4.69, 9.17) is 4.74 Å². The molecule has 158 valence electrons. The lowest BCUT2D eigenvalue weighted by Crippen LogP contribution is -2.26. The normalized spacial score (nSPS) is 12.5. The van der Waals surface area contributed by atoms with E-state index >= 15 is 0 Å². The Morgan fingerprint density at radius 1 is 1.10 bits per heavy atom. The maximum Gasteiger partial charge on any atom is 0.434 e. The summed E-state index contributed by atoms with van der Waals surface area (Å²) in [6.07, 6.45) is -3.94. The first kappa shape index (κ1) is 20.5. The number of hydrogen-bond acceptors (Lipinski definition) is 3. The molecule has 0 radical (unpaired) electrons. The Balaban J connectivity index is 1.29. The first-order valence-electron chi connectivity index (χ1n) is 9.63. The summed E-state index contributed by atoms with van der Waals surface area (Å²) in [5, 5.41) is 7.84. The highest BCUT2D eigenvalue weighted by atomic mass is 19.4. The highest BCUT2D eigenvalue weighted by Gasteiger charge is 2.35. The van der Waals surface area contributed by atoms with Crippen LogP contribution in [-0.2, 0) is 10.9 Å². The number of hydrogen-bond donors (Lipinski definition) is 2. The summed E-state index contributed by atoms with van der Waals surface area (Å²) in [5.74, 6) is 4.97.